The van der Waals surface area contributed by atoms with E-state index >= 15 is 0 Å². The van der Waals surface area contributed by atoms with Crippen LogP contribution in [0.2, 0.25) is 5.02 Å². The summed E-state index contributed by atoms with van der Waals surface area (Å²) in [7, 11) is 3.29. The first-order valence-corrected chi connectivity index (χ1v) is 10.9. The summed E-state index contributed by atoms with van der Waals surface area (Å²) in [5.41, 5.74) is 2.70. The molecular formula is C24H25ClN4O4. The maximum Gasteiger partial charge on any atom is 0.251 e. The summed E-state index contributed by atoms with van der Waals surface area (Å²) < 4.78 is 12.8. The standard InChI is InChI=1S/C24H25ClN4O4/c1-5-33-21-16(25)11-15(12-17(21)32-4)19-18-13(2)28-29(3)22(18)27-24(31)20(19)26-23(30)14-9-7-6-8-10-14/h6-12,19-20H,5H2,1-4H3,(H,26,30)(H,27,31)/t19-,20+/m1/s1. The number of hydrogen-bond donors (Lipinski definition) is 2. The van der Waals surface area contributed by atoms with Crippen molar-refractivity contribution in [2.75, 3.05) is 19.0 Å². The molecule has 4 rings (SSSR count). The number of aromatic nitrogens is 2. The van der Waals surface area contributed by atoms with Gasteiger partial charge in [0.15, 0.2) is 11.5 Å². The van der Waals surface area contributed by atoms with Crippen molar-refractivity contribution in [2.45, 2.75) is 25.8 Å². The molecule has 0 saturated heterocycles. The Kier molecular flexibility index (Phi) is 6.29. The van der Waals surface area contributed by atoms with E-state index in [1.165, 1.54) is 7.11 Å². The number of halogens is 1. The smallest absolute Gasteiger partial charge is 0.251 e. The monoisotopic (exact) mass is 468 g/mol. The number of amides is 2. The van der Waals surface area contributed by atoms with Crippen molar-refractivity contribution in [2.24, 2.45) is 7.05 Å². The zero-order valence-electron chi connectivity index (χ0n) is 18.8. The van der Waals surface area contributed by atoms with Gasteiger partial charge < -0.3 is 20.1 Å². The van der Waals surface area contributed by atoms with Crippen LogP contribution < -0.4 is 20.1 Å². The highest BCUT2D eigenvalue weighted by atomic mass is 35.5. The Labute approximate surface area is 196 Å². The molecule has 0 unspecified atom stereocenters. The molecule has 0 bridgehead atoms. The second-order valence-corrected chi connectivity index (χ2v) is 8.13. The maximum absolute atomic E-state index is 13.2. The van der Waals surface area contributed by atoms with Crippen LogP contribution in [0, 0.1) is 6.92 Å². The number of benzene rings is 2. The Balaban J connectivity index is 1.85. The molecule has 172 valence electrons. The Bertz CT molecular complexity index is 1210. The molecule has 8 nitrogen and oxygen atoms in total. The van der Waals surface area contributed by atoms with Crippen molar-refractivity contribution in [1.29, 1.82) is 0 Å². The summed E-state index contributed by atoms with van der Waals surface area (Å²) in [5.74, 6) is 0.215. The van der Waals surface area contributed by atoms with Crippen molar-refractivity contribution in [3.63, 3.8) is 0 Å². The third kappa shape index (κ3) is 4.14. The molecule has 1 aromatic heterocycles. The van der Waals surface area contributed by atoms with Gasteiger partial charge in [0.2, 0.25) is 5.91 Å². The Hall–Kier alpha value is -3.52. The molecule has 2 heterocycles. The summed E-state index contributed by atoms with van der Waals surface area (Å²) in [6, 6.07) is 11.4. The number of nitrogens with zero attached hydrogens (tertiary/aromatic N) is 2. The Morgan fingerprint density at radius 1 is 1.27 bits per heavy atom. The maximum atomic E-state index is 13.2. The molecule has 0 radical (unpaired) electrons. The van der Waals surface area contributed by atoms with E-state index in [-0.39, 0.29) is 11.8 Å². The van der Waals surface area contributed by atoms with Gasteiger partial charge in [0.05, 0.1) is 24.4 Å². The molecule has 0 spiro atoms. The van der Waals surface area contributed by atoms with E-state index in [0.29, 0.717) is 40.1 Å². The second-order valence-electron chi connectivity index (χ2n) is 7.72. The third-order valence-electron chi connectivity index (χ3n) is 5.66. The van der Waals surface area contributed by atoms with Crippen LogP contribution in [0.5, 0.6) is 11.5 Å². The first kappa shape index (κ1) is 22.7. The lowest BCUT2D eigenvalue weighted by Crippen LogP contribution is -2.50. The average molecular weight is 469 g/mol. The Morgan fingerprint density at radius 3 is 2.67 bits per heavy atom. The highest BCUT2D eigenvalue weighted by Gasteiger charge is 2.41. The topological polar surface area (TPSA) is 94.5 Å². The second kappa shape index (κ2) is 9.15. The summed E-state index contributed by atoms with van der Waals surface area (Å²) >= 11 is 6.56. The largest absolute Gasteiger partial charge is 0.493 e. The first-order valence-electron chi connectivity index (χ1n) is 10.6. The lowest BCUT2D eigenvalue weighted by Gasteiger charge is -2.33. The molecule has 0 saturated carbocycles. The van der Waals surface area contributed by atoms with Crippen LogP contribution in [0.15, 0.2) is 42.5 Å². The fourth-order valence-corrected chi connectivity index (χ4v) is 4.51. The predicted octanol–water partition coefficient (Wildman–Crippen LogP) is 3.67. The van der Waals surface area contributed by atoms with Crippen molar-refractivity contribution in [3.05, 3.63) is 69.9 Å². The van der Waals surface area contributed by atoms with Gasteiger partial charge in [-0.2, -0.15) is 5.10 Å². The minimum atomic E-state index is -0.896. The van der Waals surface area contributed by atoms with Crippen LogP contribution in [0.25, 0.3) is 0 Å². The zero-order valence-corrected chi connectivity index (χ0v) is 19.6. The van der Waals surface area contributed by atoms with Gasteiger partial charge in [-0.3, -0.25) is 14.3 Å². The number of rotatable bonds is 6. The van der Waals surface area contributed by atoms with Gasteiger partial charge in [-0.15, -0.1) is 0 Å². The van der Waals surface area contributed by atoms with Crippen molar-refractivity contribution >= 4 is 29.2 Å². The van der Waals surface area contributed by atoms with Crippen LogP contribution in [-0.2, 0) is 11.8 Å². The molecule has 9 heteroatoms. The van der Waals surface area contributed by atoms with Crippen LogP contribution >= 0.6 is 11.6 Å². The molecule has 33 heavy (non-hydrogen) atoms. The number of nitrogens with one attached hydrogen (secondary N) is 2. The van der Waals surface area contributed by atoms with Crippen molar-refractivity contribution in [3.8, 4) is 11.5 Å². The average Bonchev–Trinajstić information content (AvgIpc) is 3.08. The lowest BCUT2D eigenvalue weighted by atomic mass is 9.81. The molecule has 0 aliphatic carbocycles. The number of fused-ring (bicyclic) bond motifs is 1. The van der Waals surface area contributed by atoms with Gasteiger partial charge in [0.1, 0.15) is 11.9 Å². The fraction of sp³-hybridized carbons (Fsp3) is 0.292. The number of carbonyl (C=O) groups excluding carboxylic acids is 2. The van der Waals surface area contributed by atoms with E-state index in [1.807, 2.05) is 19.9 Å². The van der Waals surface area contributed by atoms with Gasteiger partial charge in [-0.25, -0.2) is 0 Å². The predicted molar refractivity (Wildman–Crippen MR) is 125 cm³/mol. The summed E-state index contributed by atoms with van der Waals surface area (Å²) in [6.45, 7) is 4.14. The molecule has 1 aliphatic heterocycles. The minimum Gasteiger partial charge on any atom is -0.493 e. The quantitative estimate of drug-likeness (QED) is 0.575. The first-order chi connectivity index (χ1) is 15.8. The van der Waals surface area contributed by atoms with Gasteiger partial charge in [-0.1, -0.05) is 29.8 Å². The van der Waals surface area contributed by atoms with E-state index in [0.717, 1.165) is 11.3 Å². The molecule has 1 aliphatic rings. The van der Waals surface area contributed by atoms with E-state index in [4.69, 9.17) is 21.1 Å². The van der Waals surface area contributed by atoms with Crippen LogP contribution in [0.4, 0.5) is 5.82 Å². The normalized spacial score (nSPS) is 17.2. The number of ether oxygens (including phenoxy) is 2. The van der Waals surface area contributed by atoms with Crippen molar-refractivity contribution < 1.29 is 19.1 Å². The highest BCUT2D eigenvalue weighted by molar-refractivity contribution is 6.32. The van der Waals surface area contributed by atoms with Gasteiger partial charge in [0.25, 0.3) is 5.91 Å². The van der Waals surface area contributed by atoms with Gasteiger partial charge in [0, 0.05) is 24.1 Å². The van der Waals surface area contributed by atoms with E-state index in [9.17, 15) is 9.59 Å². The SMILES string of the molecule is CCOc1c(Cl)cc([C@@H]2c3c(C)nn(C)c3NC(=O)[C@H]2NC(=O)c2ccccc2)cc1OC. The summed E-state index contributed by atoms with van der Waals surface area (Å²) in [4.78, 5) is 26.2. The minimum absolute atomic E-state index is 0.344. The fourth-order valence-electron chi connectivity index (χ4n) is 4.23. The molecule has 3 aromatic rings. The van der Waals surface area contributed by atoms with E-state index in [1.54, 1.807) is 48.1 Å². The van der Waals surface area contributed by atoms with Crippen molar-refractivity contribution in [1.82, 2.24) is 15.1 Å². The third-order valence-corrected chi connectivity index (χ3v) is 5.94. The molecule has 2 amide bonds. The van der Waals surface area contributed by atoms with Crippen LogP contribution in [0.3, 0.4) is 0 Å². The molecule has 2 N–H and O–H groups in total. The lowest BCUT2D eigenvalue weighted by molar-refractivity contribution is -0.118. The van der Waals surface area contributed by atoms with E-state index < -0.39 is 12.0 Å². The molecule has 0 fully saturated rings. The molecule has 2 atom stereocenters. The summed E-state index contributed by atoms with van der Waals surface area (Å²) in [6.07, 6.45) is 0. The number of anilines is 1. The van der Waals surface area contributed by atoms with E-state index in [2.05, 4.69) is 15.7 Å². The number of hydrogen-bond acceptors (Lipinski definition) is 5. The highest BCUT2D eigenvalue weighted by Crippen LogP contribution is 2.44. The number of carbonyl (C=O) groups is 2. The molecule has 2 aromatic carbocycles. The number of methoxy groups -OCH3 is 1. The molecular weight excluding hydrogens is 444 g/mol. The van der Waals surface area contributed by atoms with Crippen LogP contribution in [-0.4, -0.2) is 41.4 Å². The zero-order chi connectivity index (χ0) is 23.7. The summed E-state index contributed by atoms with van der Waals surface area (Å²) in [5, 5.41) is 10.6. The van der Waals surface area contributed by atoms with Gasteiger partial charge >= 0.3 is 0 Å². The van der Waals surface area contributed by atoms with Gasteiger partial charge in [-0.05, 0) is 43.7 Å². The van der Waals surface area contributed by atoms with Crippen LogP contribution in [0.1, 0.15) is 40.0 Å². The Morgan fingerprint density at radius 2 is 2.00 bits per heavy atom. The number of aryl methyl sites for hydroxylation is 2.